The highest BCUT2D eigenvalue weighted by Crippen LogP contribution is 2.72. The fraction of sp³-hybridized carbons (Fsp3) is 0.444. The van der Waals surface area contributed by atoms with Crippen LogP contribution in [-0.4, -0.2) is 12.3 Å². The Morgan fingerprint density at radius 3 is 2.43 bits per heavy atom. The molecule has 1 aromatic rings. The zero-order valence-electron chi connectivity index (χ0n) is 12.1. The van der Waals surface area contributed by atoms with Gasteiger partial charge in [0.2, 0.25) is 12.3 Å². The number of para-hydroxylation sites is 1. The Balaban J connectivity index is 1.66. The summed E-state index contributed by atoms with van der Waals surface area (Å²) in [6, 6.07) is 9.22. The van der Waals surface area contributed by atoms with Crippen LogP contribution in [0.3, 0.4) is 0 Å². The first-order valence-corrected chi connectivity index (χ1v) is 7.71. The molecule has 21 heavy (non-hydrogen) atoms. The van der Waals surface area contributed by atoms with Crippen molar-refractivity contribution in [1.29, 1.82) is 0 Å². The lowest BCUT2D eigenvalue weighted by Crippen LogP contribution is -2.39. The quantitative estimate of drug-likeness (QED) is 0.631. The van der Waals surface area contributed by atoms with E-state index in [2.05, 4.69) is 19.1 Å². The van der Waals surface area contributed by atoms with Crippen molar-refractivity contribution < 1.29 is 9.59 Å². The molecular weight excluding hydrogens is 262 g/mol. The maximum atomic E-state index is 13.0. The van der Waals surface area contributed by atoms with Gasteiger partial charge in [-0.25, -0.2) is 0 Å². The number of hydrogen-bond acceptors (Lipinski definition) is 2. The second-order valence-electron chi connectivity index (χ2n) is 6.70. The van der Waals surface area contributed by atoms with E-state index in [-0.39, 0.29) is 11.8 Å². The van der Waals surface area contributed by atoms with E-state index in [1.54, 1.807) is 0 Å². The number of benzene rings is 1. The first-order valence-electron chi connectivity index (χ1n) is 7.71. The first kappa shape index (κ1) is 12.8. The Bertz CT molecular complexity index is 617. The summed E-state index contributed by atoms with van der Waals surface area (Å²) in [4.78, 5) is 25.7. The Morgan fingerprint density at radius 2 is 1.86 bits per heavy atom. The van der Waals surface area contributed by atoms with Crippen molar-refractivity contribution in [1.82, 2.24) is 0 Å². The summed E-state index contributed by atoms with van der Waals surface area (Å²) >= 11 is 0. The number of nitrogens with zero attached hydrogens (tertiary/aromatic N) is 1. The van der Waals surface area contributed by atoms with Gasteiger partial charge in [-0.1, -0.05) is 37.3 Å². The molecule has 0 N–H and O–H groups in total. The SMILES string of the molecule is C[C@H]1[C@@H](C(=O)N(C=O)c2ccccc2)[C@@H]2C=C[C@H]1C21CC1. The lowest BCUT2D eigenvalue weighted by atomic mass is 9.83. The average Bonchev–Trinajstić information content (AvgIpc) is 3.16. The first-order chi connectivity index (χ1) is 10.2. The lowest BCUT2D eigenvalue weighted by Gasteiger charge is -2.27. The van der Waals surface area contributed by atoms with Crippen molar-refractivity contribution >= 4 is 18.0 Å². The molecule has 1 spiro atoms. The van der Waals surface area contributed by atoms with Crippen molar-refractivity contribution in [3.63, 3.8) is 0 Å². The molecule has 0 radical (unpaired) electrons. The summed E-state index contributed by atoms with van der Waals surface area (Å²) in [5.74, 6) is 1.11. The Labute approximate surface area is 124 Å². The van der Waals surface area contributed by atoms with Crippen molar-refractivity contribution in [2.24, 2.45) is 29.1 Å². The van der Waals surface area contributed by atoms with E-state index in [9.17, 15) is 9.59 Å². The third-order valence-corrected chi connectivity index (χ3v) is 5.86. The molecule has 3 aliphatic rings. The molecule has 3 aliphatic carbocycles. The maximum Gasteiger partial charge on any atom is 0.237 e. The van der Waals surface area contributed by atoms with Crippen LogP contribution in [0.1, 0.15) is 19.8 Å². The summed E-state index contributed by atoms with van der Waals surface area (Å²) in [5, 5.41) is 0. The predicted molar refractivity (Wildman–Crippen MR) is 80.4 cm³/mol. The summed E-state index contributed by atoms with van der Waals surface area (Å²) in [7, 11) is 0. The van der Waals surface area contributed by atoms with Gasteiger partial charge in [-0.15, -0.1) is 0 Å². The van der Waals surface area contributed by atoms with Gasteiger partial charge in [-0.3, -0.25) is 14.5 Å². The van der Waals surface area contributed by atoms with E-state index in [1.165, 1.54) is 17.7 Å². The summed E-state index contributed by atoms with van der Waals surface area (Å²) in [5.41, 5.74) is 1.02. The number of imide groups is 1. The van der Waals surface area contributed by atoms with E-state index in [4.69, 9.17) is 0 Å². The van der Waals surface area contributed by atoms with E-state index in [0.29, 0.717) is 35.3 Å². The average molecular weight is 281 g/mol. The number of carbonyl (C=O) groups is 2. The van der Waals surface area contributed by atoms with Crippen LogP contribution in [0.15, 0.2) is 42.5 Å². The fourth-order valence-electron chi connectivity index (χ4n) is 4.75. The van der Waals surface area contributed by atoms with Crippen LogP contribution in [0.2, 0.25) is 0 Å². The van der Waals surface area contributed by atoms with Gasteiger partial charge in [-0.2, -0.15) is 0 Å². The van der Waals surface area contributed by atoms with Gasteiger partial charge in [0.05, 0.1) is 5.69 Å². The van der Waals surface area contributed by atoms with E-state index in [0.717, 1.165) is 0 Å². The molecule has 2 fully saturated rings. The van der Waals surface area contributed by atoms with E-state index >= 15 is 0 Å². The highest BCUT2D eigenvalue weighted by molar-refractivity contribution is 6.08. The van der Waals surface area contributed by atoms with Crippen LogP contribution in [-0.2, 0) is 9.59 Å². The van der Waals surface area contributed by atoms with Crippen molar-refractivity contribution in [2.45, 2.75) is 19.8 Å². The molecule has 2 amide bonds. The number of allylic oxidation sites excluding steroid dienone is 2. The zero-order chi connectivity index (χ0) is 14.6. The molecular formula is C18H19NO2. The summed E-state index contributed by atoms with van der Waals surface area (Å²) < 4.78 is 0. The summed E-state index contributed by atoms with van der Waals surface area (Å²) in [6.45, 7) is 2.17. The van der Waals surface area contributed by atoms with E-state index in [1.807, 2.05) is 30.3 Å². The molecule has 0 unspecified atom stereocenters. The van der Waals surface area contributed by atoms with Crippen molar-refractivity contribution in [3.05, 3.63) is 42.5 Å². The van der Waals surface area contributed by atoms with E-state index < -0.39 is 0 Å². The molecule has 2 saturated carbocycles. The Hall–Kier alpha value is -1.90. The fourth-order valence-corrected chi connectivity index (χ4v) is 4.75. The Morgan fingerprint density at radius 1 is 1.19 bits per heavy atom. The number of amides is 2. The molecule has 0 saturated heterocycles. The molecule has 1 aromatic carbocycles. The highest BCUT2D eigenvalue weighted by atomic mass is 16.2. The number of anilines is 1. The van der Waals surface area contributed by atoms with Gasteiger partial charge >= 0.3 is 0 Å². The number of carbonyl (C=O) groups excluding carboxylic acids is 2. The van der Waals surface area contributed by atoms with Crippen molar-refractivity contribution in [3.8, 4) is 0 Å². The van der Waals surface area contributed by atoms with Gasteiger partial charge in [-0.05, 0) is 48.1 Å². The molecule has 4 rings (SSSR count). The van der Waals surface area contributed by atoms with Crippen LogP contribution in [0.5, 0.6) is 0 Å². The van der Waals surface area contributed by atoms with Crippen LogP contribution in [0.25, 0.3) is 0 Å². The van der Waals surface area contributed by atoms with Gasteiger partial charge in [0.1, 0.15) is 0 Å². The van der Waals surface area contributed by atoms with Crippen LogP contribution in [0.4, 0.5) is 5.69 Å². The molecule has 2 bridgehead atoms. The van der Waals surface area contributed by atoms with Crippen LogP contribution in [0, 0.1) is 29.1 Å². The van der Waals surface area contributed by atoms with Gasteiger partial charge in [0, 0.05) is 5.92 Å². The third kappa shape index (κ3) is 1.60. The molecule has 0 aromatic heterocycles. The third-order valence-electron chi connectivity index (χ3n) is 5.86. The molecule has 108 valence electrons. The summed E-state index contributed by atoms with van der Waals surface area (Å²) in [6.07, 6.45) is 7.67. The monoisotopic (exact) mass is 281 g/mol. The molecule has 3 heteroatoms. The number of hydrogen-bond donors (Lipinski definition) is 0. The van der Waals surface area contributed by atoms with Crippen molar-refractivity contribution in [2.75, 3.05) is 4.90 Å². The second-order valence-corrected chi connectivity index (χ2v) is 6.70. The maximum absolute atomic E-state index is 13.0. The largest absolute Gasteiger partial charge is 0.278 e. The van der Waals surface area contributed by atoms with Gasteiger partial charge < -0.3 is 0 Å². The number of rotatable bonds is 3. The molecule has 0 heterocycles. The standard InChI is InChI=1S/C18H19NO2/c1-12-14-7-8-15(18(14)9-10-18)16(12)17(21)19(11-20)13-5-3-2-4-6-13/h2-8,11-12,14-16H,9-10H2,1H3/t12-,14-,15+,16-/m1/s1. The predicted octanol–water partition coefficient (Wildman–Crippen LogP) is 3.02. The highest BCUT2D eigenvalue weighted by Gasteiger charge is 2.67. The second kappa shape index (κ2) is 4.30. The minimum Gasteiger partial charge on any atom is -0.278 e. The minimum atomic E-state index is -0.0482. The van der Waals surface area contributed by atoms with Gasteiger partial charge in [0.15, 0.2) is 0 Å². The molecule has 3 nitrogen and oxygen atoms in total. The van der Waals surface area contributed by atoms with Gasteiger partial charge in [0.25, 0.3) is 0 Å². The van der Waals surface area contributed by atoms with Crippen LogP contribution < -0.4 is 4.90 Å². The topological polar surface area (TPSA) is 37.4 Å². The van der Waals surface area contributed by atoms with Crippen LogP contribution >= 0.6 is 0 Å². The minimum absolute atomic E-state index is 0.0353. The smallest absolute Gasteiger partial charge is 0.237 e. The normalized spacial score (nSPS) is 34.1. The lowest BCUT2D eigenvalue weighted by molar-refractivity contribution is -0.126. The molecule has 0 aliphatic heterocycles. The molecule has 4 atom stereocenters. The zero-order valence-corrected chi connectivity index (χ0v) is 12.1. The Kier molecular flexibility index (Phi) is 2.62.